The Bertz CT molecular complexity index is 713. The maximum Gasteiger partial charge on any atom is 0.341 e. The molecule has 2 aromatic carbocycles. The van der Waals surface area contributed by atoms with E-state index in [9.17, 15) is 18.4 Å². The third kappa shape index (κ3) is 3.66. The summed E-state index contributed by atoms with van der Waals surface area (Å²) in [6.07, 6.45) is 0. The summed E-state index contributed by atoms with van der Waals surface area (Å²) in [6.45, 7) is -0.152. The van der Waals surface area contributed by atoms with Gasteiger partial charge in [0.15, 0.2) is 0 Å². The smallest absolute Gasteiger partial charge is 0.341 e. The Morgan fingerprint density at radius 2 is 1.82 bits per heavy atom. The van der Waals surface area contributed by atoms with Gasteiger partial charge in [-0.1, -0.05) is 12.1 Å². The second kappa shape index (κ2) is 6.80. The Balaban J connectivity index is 2.06. The van der Waals surface area contributed by atoms with Crippen LogP contribution in [0.25, 0.3) is 0 Å². The average Bonchev–Trinajstić information content (AvgIpc) is 2.52. The van der Waals surface area contributed by atoms with E-state index in [2.05, 4.69) is 4.74 Å². The molecule has 0 aliphatic rings. The van der Waals surface area contributed by atoms with E-state index in [1.165, 1.54) is 13.2 Å². The van der Waals surface area contributed by atoms with Gasteiger partial charge in [-0.25, -0.2) is 18.4 Å². The highest BCUT2D eigenvalue weighted by molar-refractivity contribution is 5.90. The highest BCUT2D eigenvalue weighted by Gasteiger charge is 2.14. The number of methoxy groups -OCH3 is 1. The van der Waals surface area contributed by atoms with Gasteiger partial charge in [0.2, 0.25) is 0 Å². The van der Waals surface area contributed by atoms with E-state index in [1.54, 1.807) is 18.2 Å². The summed E-state index contributed by atoms with van der Waals surface area (Å²) in [4.78, 5) is 23.1. The van der Waals surface area contributed by atoms with Crippen LogP contribution in [0.15, 0.2) is 42.5 Å². The average molecular weight is 306 g/mol. The van der Waals surface area contributed by atoms with Crippen LogP contribution in [0.2, 0.25) is 0 Å². The zero-order valence-corrected chi connectivity index (χ0v) is 11.6. The number of hydrogen-bond acceptors (Lipinski definition) is 4. The Labute approximate surface area is 125 Å². The van der Waals surface area contributed by atoms with Crippen molar-refractivity contribution >= 4 is 11.9 Å². The second-order valence-corrected chi connectivity index (χ2v) is 4.39. The number of hydrogen-bond donors (Lipinski definition) is 0. The number of esters is 2. The molecule has 6 heteroatoms. The predicted molar refractivity (Wildman–Crippen MR) is 73.3 cm³/mol. The summed E-state index contributed by atoms with van der Waals surface area (Å²) in [5, 5.41) is 0. The molecule has 0 heterocycles. The molecule has 2 aromatic rings. The lowest BCUT2D eigenvalue weighted by atomic mass is 10.1. The number of ether oxygens (including phenoxy) is 2. The van der Waals surface area contributed by atoms with Crippen molar-refractivity contribution in [3.63, 3.8) is 0 Å². The van der Waals surface area contributed by atoms with E-state index >= 15 is 0 Å². The SMILES string of the molecule is COC(=O)c1cccc(COC(=O)c2ccc(F)cc2F)c1. The zero-order chi connectivity index (χ0) is 16.1. The molecule has 2 rings (SSSR count). The van der Waals surface area contributed by atoms with Crippen LogP contribution in [0.5, 0.6) is 0 Å². The lowest BCUT2D eigenvalue weighted by molar-refractivity contribution is 0.0467. The van der Waals surface area contributed by atoms with Crippen LogP contribution in [0, 0.1) is 11.6 Å². The molecule has 0 fully saturated rings. The van der Waals surface area contributed by atoms with Crippen molar-refractivity contribution in [2.75, 3.05) is 7.11 Å². The fourth-order valence-corrected chi connectivity index (χ4v) is 1.79. The molecule has 0 unspecified atom stereocenters. The summed E-state index contributed by atoms with van der Waals surface area (Å²) in [7, 11) is 1.26. The first kappa shape index (κ1) is 15.6. The quantitative estimate of drug-likeness (QED) is 0.814. The largest absolute Gasteiger partial charge is 0.465 e. The fourth-order valence-electron chi connectivity index (χ4n) is 1.79. The van der Waals surface area contributed by atoms with Crippen molar-refractivity contribution in [2.24, 2.45) is 0 Å². The van der Waals surface area contributed by atoms with Crippen LogP contribution in [0.1, 0.15) is 26.3 Å². The second-order valence-electron chi connectivity index (χ2n) is 4.39. The van der Waals surface area contributed by atoms with E-state index in [0.29, 0.717) is 17.2 Å². The maximum absolute atomic E-state index is 13.4. The molecule has 0 aliphatic carbocycles. The van der Waals surface area contributed by atoms with Crippen LogP contribution in [-0.4, -0.2) is 19.0 Å². The highest BCUT2D eigenvalue weighted by atomic mass is 19.1. The number of halogens is 2. The first-order valence-corrected chi connectivity index (χ1v) is 6.30. The van der Waals surface area contributed by atoms with E-state index in [4.69, 9.17) is 4.74 Å². The van der Waals surface area contributed by atoms with Crippen molar-refractivity contribution in [1.82, 2.24) is 0 Å². The lowest BCUT2D eigenvalue weighted by Crippen LogP contribution is -2.08. The van der Waals surface area contributed by atoms with Gasteiger partial charge in [-0.05, 0) is 29.8 Å². The van der Waals surface area contributed by atoms with Crippen molar-refractivity contribution in [3.8, 4) is 0 Å². The molecule has 0 N–H and O–H groups in total. The molecule has 0 saturated heterocycles. The molecule has 0 atom stereocenters. The first-order chi connectivity index (χ1) is 10.5. The van der Waals surface area contributed by atoms with Gasteiger partial charge in [-0.2, -0.15) is 0 Å². The summed E-state index contributed by atoms with van der Waals surface area (Å²) >= 11 is 0. The fraction of sp³-hybridized carbons (Fsp3) is 0.125. The monoisotopic (exact) mass is 306 g/mol. The third-order valence-corrected chi connectivity index (χ3v) is 2.87. The minimum atomic E-state index is -0.992. The van der Waals surface area contributed by atoms with Crippen molar-refractivity contribution < 1.29 is 27.8 Å². The Hall–Kier alpha value is -2.76. The van der Waals surface area contributed by atoms with Gasteiger partial charge >= 0.3 is 11.9 Å². The molecule has 0 aliphatic heterocycles. The molecule has 4 nitrogen and oxygen atoms in total. The van der Waals surface area contributed by atoms with E-state index in [0.717, 1.165) is 12.1 Å². The molecular weight excluding hydrogens is 294 g/mol. The van der Waals surface area contributed by atoms with Crippen LogP contribution in [0.4, 0.5) is 8.78 Å². The number of carbonyl (C=O) groups excluding carboxylic acids is 2. The molecule has 0 saturated carbocycles. The van der Waals surface area contributed by atoms with E-state index < -0.39 is 23.6 Å². The molecule has 0 amide bonds. The Morgan fingerprint density at radius 3 is 2.50 bits per heavy atom. The molecule has 0 bridgehead atoms. The summed E-state index contributed by atoms with van der Waals surface area (Å²) in [6, 6.07) is 8.88. The summed E-state index contributed by atoms with van der Waals surface area (Å²) < 4.78 is 35.8. The van der Waals surface area contributed by atoms with Crippen molar-refractivity contribution in [3.05, 3.63) is 70.8 Å². The van der Waals surface area contributed by atoms with Gasteiger partial charge in [0.05, 0.1) is 18.2 Å². The summed E-state index contributed by atoms with van der Waals surface area (Å²) in [5.74, 6) is -3.20. The van der Waals surface area contributed by atoms with Crippen LogP contribution >= 0.6 is 0 Å². The molecule has 114 valence electrons. The standard InChI is InChI=1S/C16H12F2O4/c1-21-15(19)11-4-2-3-10(7-11)9-22-16(20)13-6-5-12(17)8-14(13)18/h2-8H,9H2,1H3. The summed E-state index contributed by atoms with van der Waals surface area (Å²) in [5.41, 5.74) is 0.494. The number of rotatable bonds is 4. The first-order valence-electron chi connectivity index (χ1n) is 6.30. The predicted octanol–water partition coefficient (Wildman–Crippen LogP) is 3.11. The molecule has 22 heavy (non-hydrogen) atoms. The van der Waals surface area contributed by atoms with Gasteiger partial charge in [-0.3, -0.25) is 0 Å². The van der Waals surface area contributed by atoms with Crippen LogP contribution in [-0.2, 0) is 16.1 Å². The molecular formula is C16H12F2O4. The minimum Gasteiger partial charge on any atom is -0.465 e. The van der Waals surface area contributed by atoms with Gasteiger partial charge in [0.1, 0.15) is 18.2 Å². The van der Waals surface area contributed by atoms with Crippen LogP contribution in [0.3, 0.4) is 0 Å². The maximum atomic E-state index is 13.4. The molecule has 0 spiro atoms. The molecule has 0 aromatic heterocycles. The van der Waals surface area contributed by atoms with Gasteiger partial charge < -0.3 is 9.47 Å². The molecule has 0 radical (unpaired) electrons. The van der Waals surface area contributed by atoms with Crippen molar-refractivity contribution in [2.45, 2.75) is 6.61 Å². The Morgan fingerprint density at radius 1 is 1.05 bits per heavy atom. The minimum absolute atomic E-state index is 0.152. The van der Waals surface area contributed by atoms with E-state index in [-0.39, 0.29) is 12.2 Å². The highest BCUT2D eigenvalue weighted by Crippen LogP contribution is 2.13. The lowest BCUT2D eigenvalue weighted by Gasteiger charge is -2.07. The normalized spacial score (nSPS) is 10.1. The van der Waals surface area contributed by atoms with E-state index in [1.807, 2.05) is 0 Å². The topological polar surface area (TPSA) is 52.6 Å². The van der Waals surface area contributed by atoms with Gasteiger partial charge in [0.25, 0.3) is 0 Å². The Kier molecular flexibility index (Phi) is 4.83. The third-order valence-electron chi connectivity index (χ3n) is 2.87. The number of carbonyl (C=O) groups is 2. The van der Waals surface area contributed by atoms with Gasteiger partial charge in [0, 0.05) is 6.07 Å². The van der Waals surface area contributed by atoms with Crippen molar-refractivity contribution in [1.29, 1.82) is 0 Å². The number of benzene rings is 2. The zero-order valence-electron chi connectivity index (χ0n) is 11.6. The van der Waals surface area contributed by atoms with Crippen LogP contribution < -0.4 is 0 Å². The van der Waals surface area contributed by atoms with Gasteiger partial charge in [-0.15, -0.1) is 0 Å².